The minimum absolute atomic E-state index is 0.0123. The van der Waals surface area contributed by atoms with E-state index in [-0.39, 0.29) is 18.3 Å². The van der Waals surface area contributed by atoms with Gasteiger partial charge in [0.25, 0.3) is 5.91 Å². The molecule has 162 valence electrons. The van der Waals surface area contributed by atoms with E-state index in [9.17, 15) is 13.2 Å². The van der Waals surface area contributed by atoms with E-state index in [0.717, 1.165) is 5.75 Å². The fraction of sp³-hybridized carbons (Fsp3) is 0.174. The van der Waals surface area contributed by atoms with Crippen LogP contribution in [0.15, 0.2) is 72.8 Å². The van der Waals surface area contributed by atoms with Gasteiger partial charge in [-0.05, 0) is 74.0 Å². The summed E-state index contributed by atoms with van der Waals surface area (Å²) < 4.78 is 37.2. The summed E-state index contributed by atoms with van der Waals surface area (Å²) >= 11 is 0. The number of carbonyl (C=O) groups excluding carboxylic acids is 1. The maximum Gasteiger partial charge on any atom is 0.262 e. The fourth-order valence-corrected chi connectivity index (χ4v) is 3.38. The first-order valence-electron chi connectivity index (χ1n) is 9.71. The molecule has 0 aromatic heterocycles. The highest BCUT2D eigenvalue weighted by molar-refractivity contribution is 7.92. The second-order valence-corrected chi connectivity index (χ2v) is 8.77. The predicted octanol–water partition coefficient (Wildman–Crippen LogP) is 4.57. The van der Waals surface area contributed by atoms with Crippen molar-refractivity contribution < 1.29 is 22.7 Å². The fourth-order valence-electron chi connectivity index (χ4n) is 2.67. The number of benzene rings is 3. The molecule has 0 aliphatic carbocycles. The number of hydrogen-bond acceptors (Lipinski definition) is 5. The Bertz CT molecular complexity index is 1130. The summed E-state index contributed by atoms with van der Waals surface area (Å²) in [5.41, 5.74) is 1.73. The Labute approximate surface area is 182 Å². The van der Waals surface area contributed by atoms with Crippen molar-refractivity contribution in [3.8, 4) is 17.2 Å². The van der Waals surface area contributed by atoms with E-state index in [4.69, 9.17) is 9.47 Å². The van der Waals surface area contributed by atoms with E-state index in [2.05, 4.69) is 10.0 Å². The number of carbonyl (C=O) groups is 1. The van der Waals surface area contributed by atoms with E-state index >= 15 is 0 Å². The maximum absolute atomic E-state index is 12.2. The molecular weight excluding hydrogens is 416 g/mol. The van der Waals surface area contributed by atoms with Gasteiger partial charge in [0.15, 0.2) is 6.61 Å². The molecule has 0 heterocycles. The van der Waals surface area contributed by atoms with E-state index < -0.39 is 10.0 Å². The van der Waals surface area contributed by atoms with Gasteiger partial charge >= 0.3 is 0 Å². The van der Waals surface area contributed by atoms with Crippen LogP contribution in [-0.2, 0) is 14.8 Å². The van der Waals surface area contributed by atoms with Crippen LogP contribution in [0.4, 0.5) is 11.4 Å². The van der Waals surface area contributed by atoms with E-state index in [1.807, 2.05) is 30.3 Å². The molecule has 0 aliphatic rings. The number of anilines is 2. The molecule has 0 saturated carbocycles. The third kappa shape index (κ3) is 6.75. The SMILES string of the molecule is CCS(=O)(=O)Nc1ccc(NC(=O)COc2ccc(Oc3ccccc3)cc2)cc1C. The third-order valence-corrected chi connectivity index (χ3v) is 5.62. The highest BCUT2D eigenvalue weighted by Gasteiger charge is 2.10. The average molecular weight is 441 g/mol. The van der Waals surface area contributed by atoms with Crippen LogP contribution in [0.1, 0.15) is 12.5 Å². The van der Waals surface area contributed by atoms with Crippen LogP contribution in [0.5, 0.6) is 17.2 Å². The molecule has 0 unspecified atom stereocenters. The normalized spacial score (nSPS) is 10.9. The number of sulfonamides is 1. The number of ether oxygens (including phenoxy) is 2. The van der Waals surface area contributed by atoms with Gasteiger partial charge in [-0.1, -0.05) is 18.2 Å². The van der Waals surface area contributed by atoms with E-state index in [0.29, 0.717) is 28.4 Å². The Morgan fingerprint density at radius 3 is 2.19 bits per heavy atom. The zero-order chi connectivity index (χ0) is 22.3. The zero-order valence-corrected chi connectivity index (χ0v) is 18.1. The van der Waals surface area contributed by atoms with Crippen molar-refractivity contribution in [3.05, 3.63) is 78.4 Å². The number of nitrogens with one attached hydrogen (secondary N) is 2. The molecule has 1 amide bonds. The second-order valence-electron chi connectivity index (χ2n) is 6.76. The first-order chi connectivity index (χ1) is 14.8. The molecule has 3 aromatic rings. The van der Waals surface area contributed by atoms with Crippen LogP contribution in [0.2, 0.25) is 0 Å². The molecule has 3 aromatic carbocycles. The van der Waals surface area contributed by atoms with Crippen molar-refractivity contribution in [2.24, 2.45) is 0 Å². The average Bonchev–Trinajstić information content (AvgIpc) is 2.76. The summed E-state index contributed by atoms with van der Waals surface area (Å²) in [6, 6.07) is 21.4. The molecule has 8 heteroatoms. The Kier molecular flexibility index (Phi) is 7.15. The summed E-state index contributed by atoms with van der Waals surface area (Å²) in [5.74, 6) is 1.60. The van der Waals surface area contributed by atoms with Gasteiger partial charge in [-0.2, -0.15) is 0 Å². The maximum atomic E-state index is 12.2. The number of rotatable bonds is 9. The lowest BCUT2D eigenvalue weighted by Gasteiger charge is -2.12. The summed E-state index contributed by atoms with van der Waals surface area (Å²) in [5, 5.41) is 2.74. The summed E-state index contributed by atoms with van der Waals surface area (Å²) in [7, 11) is -3.36. The van der Waals surface area contributed by atoms with Gasteiger partial charge in [-0.3, -0.25) is 9.52 Å². The minimum Gasteiger partial charge on any atom is -0.484 e. The Balaban J connectivity index is 1.51. The Morgan fingerprint density at radius 2 is 1.55 bits per heavy atom. The standard InChI is InChI=1S/C23H24N2O5S/c1-3-31(27,28)25-22-14-9-18(15-17(22)2)24-23(26)16-29-19-10-12-21(13-11-19)30-20-7-5-4-6-8-20/h4-15,25H,3,16H2,1-2H3,(H,24,26). The van der Waals surface area contributed by atoms with Gasteiger partial charge in [-0.25, -0.2) is 8.42 Å². The number of hydrogen-bond donors (Lipinski definition) is 2. The van der Waals surface area contributed by atoms with Gasteiger partial charge in [0, 0.05) is 5.69 Å². The Hall–Kier alpha value is -3.52. The van der Waals surface area contributed by atoms with Crippen molar-refractivity contribution in [2.45, 2.75) is 13.8 Å². The molecule has 2 N–H and O–H groups in total. The molecule has 0 aliphatic heterocycles. The second kappa shape index (κ2) is 9.99. The number of para-hydroxylation sites is 1. The minimum atomic E-state index is -3.36. The van der Waals surface area contributed by atoms with Crippen LogP contribution in [0.3, 0.4) is 0 Å². The third-order valence-electron chi connectivity index (χ3n) is 4.33. The predicted molar refractivity (Wildman–Crippen MR) is 121 cm³/mol. The first-order valence-corrected chi connectivity index (χ1v) is 11.4. The van der Waals surface area contributed by atoms with E-state index in [1.54, 1.807) is 56.3 Å². The van der Waals surface area contributed by atoms with Crippen molar-refractivity contribution in [3.63, 3.8) is 0 Å². The van der Waals surface area contributed by atoms with Crippen LogP contribution in [0, 0.1) is 6.92 Å². The molecular formula is C23H24N2O5S. The molecule has 0 fully saturated rings. The molecule has 31 heavy (non-hydrogen) atoms. The number of aryl methyl sites for hydroxylation is 1. The van der Waals surface area contributed by atoms with Crippen LogP contribution in [0.25, 0.3) is 0 Å². The molecule has 0 spiro atoms. The van der Waals surface area contributed by atoms with Crippen LogP contribution in [-0.4, -0.2) is 26.7 Å². The lowest BCUT2D eigenvalue weighted by Crippen LogP contribution is -2.20. The van der Waals surface area contributed by atoms with Gasteiger partial charge in [0.1, 0.15) is 17.2 Å². The Morgan fingerprint density at radius 1 is 0.903 bits per heavy atom. The van der Waals surface area contributed by atoms with Crippen LogP contribution >= 0.6 is 0 Å². The summed E-state index contributed by atoms with van der Waals surface area (Å²) in [6.07, 6.45) is 0. The smallest absolute Gasteiger partial charge is 0.262 e. The topological polar surface area (TPSA) is 93.7 Å². The zero-order valence-electron chi connectivity index (χ0n) is 17.3. The lowest BCUT2D eigenvalue weighted by atomic mass is 10.2. The largest absolute Gasteiger partial charge is 0.484 e. The first kappa shape index (κ1) is 22.2. The number of amides is 1. The van der Waals surface area contributed by atoms with Gasteiger partial charge < -0.3 is 14.8 Å². The quantitative estimate of drug-likeness (QED) is 0.508. The summed E-state index contributed by atoms with van der Waals surface area (Å²) in [6.45, 7) is 3.16. The van der Waals surface area contributed by atoms with Crippen LogP contribution < -0.4 is 19.5 Å². The molecule has 0 bridgehead atoms. The molecule has 0 atom stereocenters. The highest BCUT2D eigenvalue weighted by atomic mass is 32.2. The monoisotopic (exact) mass is 440 g/mol. The van der Waals surface area contributed by atoms with Crippen molar-refractivity contribution in [1.29, 1.82) is 0 Å². The summed E-state index contributed by atoms with van der Waals surface area (Å²) in [4.78, 5) is 12.2. The van der Waals surface area contributed by atoms with Gasteiger partial charge in [0.2, 0.25) is 10.0 Å². The molecule has 3 rings (SSSR count). The molecule has 7 nitrogen and oxygen atoms in total. The van der Waals surface area contributed by atoms with Gasteiger partial charge in [0.05, 0.1) is 11.4 Å². The van der Waals surface area contributed by atoms with Gasteiger partial charge in [-0.15, -0.1) is 0 Å². The molecule has 0 saturated heterocycles. The van der Waals surface area contributed by atoms with Crippen molar-refractivity contribution in [1.82, 2.24) is 0 Å². The highest BCUT2D eigenvalue weighted by Crippen LogP contribution is 2.24. The van der Waals surface area contributed by atoms with Crippen molar-refractivity contribution >= 4 is 27.3 Å². The lowest BCUT2D eigenvalue weighted by molar-refractivity contribution is -0.118. The molecule has 0 radical (unpaired) electrons. The van der Waals surface area contributed by atoms with E-state index in [1.165, 1.54) is 0 Å². The van der Waals surface area contributed by atoms with Crippen molar-refractivity contribution in [2.75, 3.05) is 22.4 Å².